The molecule has 0 spiro atoms. The average molecular weight is 379 g/mol. The average Bonchev–Trinajstić information content (AvgIpc) is 3.07. The maximum Gasteiger partial charge on any atom is 0.190 e. The third kappa shape index (κ3) is 4.01. The molecule has 0 unspecified atom stereocenters. The van der Waals surface area contributed by atoms with E-state index >= 15 is 0 Å². The van der Waals surface area contributed by atoms with Crippen molar-refractivity contribution in [2.45, 2.75) is 6.54 Å². The molecule has 0 aliphatic heterocycles. The number of hydrogen-bond donors (Lipinski definition) is 0. The maximum atomic E-state index is 13.3. The number of halogens is 2. The molecule has 0 N–H and O–H groups in total. The van der Waals surface area contributed by atoms with E-state index in [9.17, 15) is 8.78 Å². The molecule has 0 atom stereocenters. The van der Waals surface area contributed by atoms with E-state index in [0.29, 0.717) is 6.54 Å². The zero-order chi connectivity index (χ0) is 18.6. The molecule has 0 radical (unpaired) electrons. The molecule has 0 fully saturated rings. The number of nitrogens with zero attached hydrogens (tertiary/aromatic N) is 3. The van der Waals surface area contributed by atoms with Crippen LogP contribution in [0.2, 0.25) is 0 Å². The molecule has 3 nitrogen and oxygen atoms in total. The largest absolute Gasteiger partial charge is 0.312 e. The molecule has 0 saturated carbocycles. The predicted molar refractivity (Wildman–Crippen MR) is 103 cm³/mol. The molecule has 0 aliphatic rings. The van der Waals surface area contributed by atoms with Gasteiger partial charge in [-0.05, 0) is 59.7 Å². The molecule has 6 heteroatoms. The second-order valence-corrected chi connectivity index (χ2v) is 6.78. The lowest BCUT2D eigenvalue weighted by atomic mass is 10.1. The van der Waals surface area contributed by atoms with Crippen LogP contribution in [-0.4, -0.2) is 9.55 Å². The van der Waals surface area contributed by atoms with Crippen molar-refractivity contribution in [3.8, 4) is 11.3 Å². The topological polar surface area (TPSA) is 30.2 Å². The van der Waals surface area contributed by atoms with Gasteiger partial charge < -0.3 is 4.57 Å². The van der Waals surface area contributed by atoms with Crippen molar-refractivity contribution in [2.24, 2.45) is 4.99 Å². The summed E-state index contributed by atoms with van der Waals surface area (Å²) < 4.78 is 28.6. The Morgan fingerprint density at radius 2 is 1.63 bits per heavy atom. The number of hydrogen-bond acceptors (Lipinski definition) is 3. The van der Waals surface area contributed by atoms with Crippen molar-refractivity contribution in [3.63, 3.8) is 0 Å². The lowest BCUT2D eigenvalue weighted by Crippen LogP contribution is -2.16. The van der Waals surface area contributed by atoms with E-state index in [1.54, 1.807) is 36.7 Å². The van der Waals surface area contributed by atoms with Gasteiger partial charge in [-0.3, -0.25) is 4.98 Å². The molecule has 0 aliphatic carbocycles. The van der Waals surface area contributed by atoms with E-state index in [1.807, 2.05) is 22.1 Å². The van der Waals surface area contributed by atoms with Gasteiger partial charge in [0.15, 0.2) is 4.80 Å². The minimum Gasteiger partial charge on any atom is -0.312 e. The smallest absolute Gasteiger partial charge is 0.190 e. The van der Waals surface area contributed by atoms with Crippen molar-refractivity contribution in [2.75, 3.05) is 0 Å². The van der Waals surface area contributed by atoms with Gasteiger partial charge >= 0.3 is 0 Å². The molecular weight excluding hydrogens is 364 g/mol. The fourth-order valence-corrected chi connectivity index (χ4v) is 3.65. The Bertz CT molecular complexity index is 1100. The molecule has 0 amide bonds. The van der Waals surface area contributed by atoms with Crippen LogP contribution in [0.3, 0.4) is 0 Å². The van der Waals surface area contributed by atoms with E-state index in [2.05, 4.69) is 9.98 Å². The Hall–Kier alpha value is -3.12. The molecule has 27 heavy (non-hydrogen) atoms. The summed E-state index contributed by atoms with van der Waals surface area (Å²) in [7, 11) is 0. The number of aromatic nitrogens is 2. The Balaban J connectivity index is 1.83. The van der Waals surface area contributed by atoms with Crippen LogP contribution in [0.4, 0.5) is 14.5 Å². The summed E-state index contributed by atoms with van der Waals surface area (Å²) in [5.41, 5.74) is 3.51. The highest BCUT2D eigenvalue weighted by molar-refractivity contribution is 7.07. The highest BCUT2D eigenvalue weighted by Crippen LogP contribution is 2.22. The van der Waals surface area contributed by atoms with Gasteiger partial charge in [0.2, 0.25) is 0 Å². The summed E-state index contributed by atoms with van der Waals surface area (Å²) in [5.74, 6) is -0.549. The number of benzene rings is 2. The first kappa shape index (κ1) is 17.3. The first-order chi connectivity index (χ1) is 13.2. The molecular formula is C21H15F2N3S. The molecule has 4 rings (SSSR count). The SMILES string of the molecule is Fc1ccc(Cn2c(-c3ccc(F)cc3)csc2=Nc2cccnc2)cc1. The monoisotopic (exact) mass is 379 g/mol. The highest BCUT2D eigenvalue weighted by Gasteiger charge is 2.09. The van der Waals surface area contributed by atoms with Crippen molar-refractivity contribution in [1.29, 1.82) is 0 Å². The second-order valence-electron chi connectivity index (χ2n) is 5.95. The second kappa shape index (κ2) is 7.63. The molecule has 0 bridgehead atoms. The van der Waals surface area contributed by atoms with Crippen molar-refractivity contribution in [1.82, 2.24) is 9.55 Å². The van der Waals surface area contributed by atoms with Gasteiger partial charge in [-0.1, -0.05) is 12.1 Å². The summed E-state index contributed by atoms with van der Waals surface area (Å²) in [6, 6.07) is 16.5. The van der Waals surface area contributed by atoms with Crippen LogP contribution in [0.5, 0.6) is 0 Å². The minimum absolute atomic E-state index is 0.270. The van der Waals surface area contributed by atoms with Crippen molar-refractivity contribution < 1.29 is 8.78 Å². The fourth-order valence-electron chi connectivity index (χ4n) is 2.73. The van der Waals surface area contributed by atoms with Crippen LogP contribution in [-0.2, 0) is 6.54 Å². The third-order valence-corrected chi connectivity index (χ3v) is 4.93. The standard InChI is InChI=1S/C21H15F2N3S/c22-17-7-3-15(4-8-17)13-26-20(16-5-9-18(23)10-6-16)14-27-21(26)25-19-2-1-11-24-12-19/h1-12,14H,13H2. The number of rotatable bonds is 4. The van der Waals surface area contributed by atoms with Crippen LogP contribution in [0.1, 0.15) is 5.56 Å². The zero-order valence-corrected chi connectivity index (χ0v) is 15.0. The maximum absolute atomic E-state index is 13.3. The summed E-state index contributed by atoms with van der Waals surface area (Å²) >= 11 is 1.49. The van der Waals surface area contributed by atoms with Gasteiger partial charge in [-0.25, -0.2) is 13.8 Å². The third-order valence-electron chi connectivity index (χ3n) is 4.06. The zero-order valence-electron chi connectivity index (χ0n) is 14.2. The molecule has 0 saturated heterocycles. The molecule has 134 valence electrons. The Morgan fingerprint density at radius 1 is 0.926 bits per heavy atom. The van der Waals surface area contributed by atoms with Gasteiger partial charge in [0.1, 0.15) is 11.6 Å². The van der Waals surface area contributed by atoms with Crippen LogP contribution in [0, 0.1) is 11.6 Å². The highest BCUT2D eigenvalue weighted by atomic mass is 32.1. The van der Waals surface area contributed by atoms with Crippen LogP contribution in [0.25, 0.3) is 11.3 Å². The van der Waals surface area contributed by atoms with Gasteiger partial charge in [0.25, 0.3) is 0 Å². The van der Waals surface area contributed by atoms with Crippen LogP contribution >= 0.6 is 11.3 Å². The lowest BCUT2D eigenvalue weighted by molar-refractivity contribution is 0.626. The van der Waals surface area contributed by atoms with E-state index in [-0.39, 0.29) is 11.6 Å². The number of pyridine rings is 1. The predicted octanol–water partition coefficient (Wildman–Crippen LogP) is 5.17. The van der Waals surface area contributed by atoms with Gasteiger partial charge in [-0.2, -0.15) is 0 Å². The summed E-state index contributed by atoms with van der Waals surface area (Å²) in [4.78, 5) is 9.57. The Morgan fingerprint density at radius 3 is 2.30 bits per heavy atom. The van der Waals surface area contributed by atoms with E-state index < -0.39 is 0 Å². The van der Waals surface area contributed by atoms with Gasteiger partial charge in [0.05, 0.1) is 24.1 Å². The summed E-state index contributed by atoms with van der Waals surface area (Å²) in [6.45, 7) is 0.523. The van der Waals surface area contributed by atoms with Crippen molar-refractivity contribution in [3.05, 3.63) is 100 Å². The Labute approximate surface area is 158 Å². The number of thiazole rings is 1. The first-order valence-corrected chi connectivity index (χ1v) is 9.20. The molecule has 2 heterocycles. The molecule has 2 aromatic heterocycles. The van der Waals surface area contributed by atoms with Gasteiger partial charge in [0, 0.05) is 11.6 Å². The van der Waals surface area contributed by atoms with E-state index in [0.717, 1.165) is 27.3 Å². The van der Waals surface area contributed by atoms with Crippen molar-refractivity contribution >= 4 is 17.0 Å². The molecule has 4 aromatic rings. The van der Waals surface area contributed by atoms with E-state index in [4.69, 9.17) is 0 Å². The Kier molecular flexibility index (Phi) is 4.89. The van der Waals surface area contributed by atoms with Crippen LogP contribution in [0.15, 0.2) is 83.4 Å². The minimum atomic E-state index is -0.278. The normalized spacial score (nSPS) is 11.7. The van der Waals surface area contributed by atoms with Gasteiger partial charge in [-0.15, -0.1) is 11.3 Å². The lowest BCUT2D eigenvalue weighted by Gasteiger charge is -2.10. The quantitative estimate of drug-likeness (QED) is 0.481. The molecule has 2 aromatic carbocycles. The summed E-state index contributed by atoms with van der Waals surface area (Å²) in [5, 5.41) is 1.99. The summed E-state index contributed by atoms with van der Waals surface area (Å²) in [6.07, 6.45) is 3.39. The fraction of sp³-hybridized carbons (Fsp3) is 0.0476. The van der Waals surface area contributed by atoms with E-state index in [1.165, 1.54) is 35.6 Å². The first-order valence-electron chi connectivity index (χ1n) is 8.32. The van der Waals surface area contributed by atoms with Crippen LogP contribution < -0.4 is 4.80 Å².